The molecule has 1 aliphatic rings. The van der Waals surface area contributed by atoms with Crippen LogP contribution < -0.4 is 5.32 Å². The Bertz CT molecular complexity index is 461. The lowest BCUT2D eigenvalue weighted by Gasteiger charge is -2.23. The highest BCUT2D eigenvalue weighted by Crippen LogP contribution is 2.21. The normalized spacial score (nSPS) is 16.4. The standard InChI is InChI=1S/C10H9ClN2O4/c1-5-2-3-6(9(11)12-5)13-10-16-7(14)4-8(15)17-10/h2-3,10,13H,4H2,1H3. The van der Waals surface area contributed by atoms with Crippen LogP contribution in [-0.2, 0) is 19.1 Å². The number of hydrogen-bond acceptors (Lipinski definition) is 6. The second-order valence-corrected chi connectivity index (χ2v) is 3.78. The molecule has 1 N–H and O–H groups in total. The fraction of sp³-hybridized carbons (Fsp3) is 0.300. The third kappa shape index (κ3) is 2.85. The number of carbonyl (C=O) groups excluding carboxylic acids is 2. The fourth-order valence-corrected chi connectivity index (χ4v) is 1.53. The van der Waals surface area contributed by atoms with E-state index in [1.165, 1.54) is 0 Å². The summed E-state index contributed by atoms with van der Waals surface area (Å²) in [5.74, 6) is -1.29. The Labute approximate surface area is 102 Å². The number of pyridine rings is 1. The summed E-state index contributed by atoms with van der Waals surface area (Å²) >= 11 is 5.87. The Morgan fingerprint density at radius 3 is 2.59 bits per heavy atom. The molecule has 7 heteroatoms. The molecule has 0 spiro atoms. The van der Waals surface area contributed by atoms with Crippen LogP contribution in [0.2, 0.25) is 5.15 Å². The second-order valence-electron chi connectivity index (χ2n) is 3.42. The van der Waals surface area contributed by atoms with Crippen LogP contribution in [0.1, 0.15) is 12.1 Å². The first-order chi connectivity index (χ1) is 8.04. The van der Waals surface area contributed by atoms with Gasteiger partial charge in [-0.1, -0.05) is 11.6 Å². The van der Waals surface area contributed by atoms with Gasteiger partial charge < -0.3 is 14.8 Å². The minimum absolute atomic E-state index is 0.211. The van der Waals surface area contributed by atoms with Crippen molar-refractivity contribution in [2.75, 3.05) is 5.32 Å². The zero-order valence-corrected chi connectivity index (χ0v) is 9.65. The van der Waals surface area contributed by atoms with Gasteiger partial charge in [-0.25, -0.2) is 4.98 Å². The molecule has 1 aliphatic heterocycles. The summed E-state index contributed by atoms with van der Waals surface area (Å²) in [6.07, 6.45) is -1.54. The summed E-state index contributed by atoms with van der Waals surface area (Å²) < 4.78 is 9.53. The maximum Gasteiger partial charge on any atom is 0.329 e. The van der Waals surface area contributed by atoms with E-state index in [0.29, 0.717) is 5.69 Å². The summed E-state index contributed by atoms with van der Waals surface area (Å²) in [6, 6.07) is 3.38. The topological polar surface area (TPSA) is 77.5 Å². The molecule has 0 saturated carbocycles. The molecule has 0 bridgehead atoms. The molecule has 0 radical (unpaired) electrons. The summed E-state index contributed by atoms with van der Waals surface area (Å²) in [4.78, 5) is 26.0. The molecular formula is C10H9ClN2O4. The number of cyclic esters (lactones) is 2. The maximum absolute atomic E-state index is 11.0. The molecule has 0 aromatic carbocycles. The second kappa shape index (κ2) is 4.58. The van der Waals surface area contributed by atoms with Gasteiger partial charge in [0.1, 0.15) is 6.42 Å². The van der Waals surface area contributed by atoms with E-state index < -0.39 is 18.4 Å². The molecule has 1 aromatic heterocycles. The average molecular weight is 257 g/mol. The molecule has 0 aliphatic carbocycles. The van der Waals surface area contributed by atoms with Gasteiger partial charge in [0, 0.05) is 5.69 Å². The van der Waals surface area contributed by atoms with Gasteiger partial charge in [-0.2, -0.15) is 0 Å². The molecule has 6 nitrogen and oxygen atoms in total. The molecule has 0 amide bonds. The van der Waals surface area contributed by atoms with Crippen LogP contribution in [-0.4, -0.2) is 23.3 Å². The lowest BCUT2D eigenvalue weighted by molar-refractivity contribution is -0.197. The zero-order chi connectivity index (χ0) is 12.4. The van der Waals surface area contributed by atoms with Crippen LogP contribution in [0.5, 0.6) is 0 Å². The predicted molar refractivity (Wildman–Crippen MR) is 58.2 cm³/mol. The monoisotopic (exact) mass is 256 g/mol. The van der Waals surface area contributed by atoms with Crippen molar-refractivity contribution in [1.29, 1.82) is 0 Å². The summed E-state index contributed by atoms with van der Waals surface area (Å²) in [6.45, 7) is 1.79. The molecule has 1 saturated heterocycles. The minimum atomic E-state index is -1.16. The molecule has 17 heavy (non-hydrogen) atoms. The summed E-state index contributed by atoms with van der Waals surface area (Å²) in [5.41, 5.74) is 1.17. The van der Waals surface area contributed by atoms with Gasteiger partial charge in [0.05, 0.1) is 5.69 Å². The number of aryl methyl sites for hydroxylation is 1. The molecule has 1 aromatic rings. The van der Waals surface area contributed by atoms with Crippen molar-refractivity contribution >= 4 is 29.2 Å². The highest BCUT2D eigenvalue weighted by atomic mass is 35.5. The lowest BCUT2D eigenvalue weighted by Crippen LogP contribution is -2.37. The first kappa shape index (κ1) is 11.7. The van der Waals surface area contributed by atoms with E-state index >= 15 is 0 Å². The van der Waals surface area contributed by atoms with E-state index in [2.05, 4.69) is 10.3 Å². The van der Waals surface area contributed by atoms with Gasteiger partial charge in [0.15, 0.2) is 5.15 Å². The highest BCUT2D eigenvalue weighted by Gasteiger charge is 2.28. The molecule has 1 fully saturated rings. The van der Waals surface area contributed by atoms with Gasteiger partial charge in [-0.05, 0) is 19.1 Å². The first-order valence-corrected chi connectivity index (χ1v) is 5.21. The molecule has 90 valence electrons. The summed E-state index contributed by atoms with van der Waals surface area (Å²) in [5, 5.41) is 2.87. The van der Waals surface area contributed by atoms with E-state index in [-0.39, 0.29) is 11.6 Å². The van der Waals surface area contributed by atoms with E-state index in [4.69, 9.17) is 21.1 Å². The number of anilines is 1. The van der Waals surface area contributed by atoms with Gasteiger partial charge >= 0.3 is 18.4 Å². The minimum Gasteiger partial charge on any atom is -0.406 e. The van der Waals surface area contributed by atoms with Gasteiger partial charge in [0.25, 0.3) is 0 Å². The van der Waals surface area contributed by atoms with Crippen LogP contribution in [0.25, 0.3) is 0 Å². The molecule has 0 atom stereocenters. The van der Waals surface area contributed by atoms with E-state index in [1.54, 1.807) is 19.1 Å². The SMILES string of the molecule is Cc1ccc(NC2OC(=O)CC(=O)O2)c(Cl)n1. The number of aromatic nitrogens is 1. The largest absolute Gasteiger partial charge is 0.406 e. The molecule has 0 unspecified atom stereocenters. The Balaban J connectivity index is 2.10. The van der Waals surface area contributed by atoms with Gasteiger partial charge in [0.2, 0.25) is 0 Å². The Morgan fingerprint density at radius 2 is 2.00 bits per heavy atom. The third-order valence-electron chi connectivity index (χ3n) is 2.03. The number of nitrogens with one attached hydrogen (secondary N) is 1. The number of hydrogen-bond donors (Lipinski definition) is 1. The Morgan fingerprint density at radius 1 is 1.35 bits per heavy atom. The summed E-state index contributed by atoms with van der Waals surface area (Å²) in [7, 11) is 0. The van der Waals surface area contributed by atoms with Crippen molar-refractivity contribution in [2.45, 2.75) is 19.8 Å². The average Bonchev–Trinajstić information content (AvgIpc) is 2.21. The van der Waals surface area contributed by atoms with E-state index in [1.807, 2.05) is 0 Å². The third-order valence-corrected chi connectivity index (χ3v) is 2.32. The van der Waals surface area contributed by atoms with Crippen molar-refractivity contribution < 1.29 is 19.1 Å². The number of ether oxygens (including phenoxy) is 2. The predicted octanol–water partition coefficient (Wildman–Crippen LogP) is 1.23. The van der Waals surface area contributed by atoms with Crippen molar-refractivity contribution in [3.05, 3.63) is 23.0 Å². The van der Waals surface area contributed by atoms with Crippen molar-refractivity contribution in [1.82, 2.24) is 4.98 Å². The highest BCUT2D eigenvalue weighted by molar-refractivity contribution is 6.32. The van der Waals surface area contributed by atoms with Crippen molar-refractivity contribution in [3.63, 3.8) is 0 Å². The number of esters is 2. The van der Waals surface area contributed by atoms with Crippen molar-refractivity contribution in [2.24, 2.45) is 0 Å². The lowest BCUT2D eigenvalue weighted by atomic mass is 10.3. The quantitative estimate of drug-likeness (QED) is 0.487. The number of halogens is 1. The van der Waals surface area contributed by atoms with Crippen LogP contribution >= 0.6 is 11.6 Å². The molecule has 2 rings (SSSR count). The number of carbonyl (C=O) groups is 2. The van der Waals surface area contributed by atoms with Crippen LogP contribution in [0, 0.1) is 6.92 Å². The van der Waals surface area contributed by atoms with Gasteiger partial charge in [-0.15, -0.1) is 0 Å². The first-order valence-electron chi connectivity index (χ1n) is 4.83. The smallest absolute Gasteiger partial charge is 0.329 e. The molecule has 2 heterocycles. The maximum atomic E-state index is 11.0. The van der Waals surface area contributed by atoms with Crippen LogP contribution in [0.3, 0.4) is 0 Å². The Hall–Kier alpha value is -1.82. The number of nitrogens with zero attached hydrogens (tertiary/aromatic N) is 1. The fourth-order valence-electron chi connectivity index (χ4n) is 1.28. The zero-order valence-electron chi connectivity index (χ0n) is 8.90. The van der Waals surface area contributed by atoms with Gasteiger partial charge in [-0.3, -0.25) is 9.59 Å². The van der Waals surface area contributed by atoms with E-state index in [9.17, 15) is 9.59 Å². The van der Waals surface area contributed by atoms with E-state index in [0.717, 1.165) is 5.69 Å². The van der Waals surface area contributed by atoms with Crippen LogP contribution in [0.15, 0.2) is 12.1 Å². The van der Waals surface area contributed by atoms with Crippen molar-refractivity contribution in [3.8, 4) is 0 Å². The molecular weight excluding hydrogens is 248 g/mol. The van der Waals surface area contributed by atoms with Crippen LogP contribution in [0.4, 0.5) is 5.69 Å². The number of rotatable bonds is 2. The Kier molecular flexibility index (Phi) is 3.14.